The van der Waals surface area contributed by atoms with Crippen LogP contribution in [0.5, 0.6) is 0 Å². The van der Waals surface area contributed by atoms with Crippen LogP contribution in [0.1, 0.15) is 17.9 Å². The number of likely N-dealkylation sites (N-methyl/N-ethyl adjacent to an activating group) is 1. The lowest BCUT2D eigenvalue weighted by atomic mass is 10.0. The van der Waals surface area contributed by atoms with E-state index in [0.717, 1.165) is 11.1 Å². The Bertz CT molecular complexity index is 911. The van der Waals surface area contributed by atoms with Crippen LogP contribution in [-0.2, 0) is 4.74 Å². The van der Waals surface area contributed by atoms with Gasteiger partial charge >= 0.3 is 12.1 Å². The number of carbonyl (C=O) groups is 2. The summed E-state index contributed by atoms with van der Waals surface area (Å²) in [6.45, 7) is 5.06. The van der Waals surface area contributed by atoms with E-state index in [1.54, 1.807) is 23.8 Å². The summed E-state index contributed by atoms with van der Waals surface area (Å²) < 4.78 is 10.9. The lowest BCUT2D eigenvalue weighted by Gasteiger charge is -2.22. The third kappa shape index (κ3) is 3.20. The van der Waals surface area contributed by atoms with E-state index >= 15 is 0 Å². The van der Waals surface area contributed by atoms with Gasteiger partial charge in [0.15, 0.2) is 5.60 Å². The number of benzene rings is 1. The fourth-order valence-electron chi connectivity index (χ4n) is 3.52. The summed E-state index contributed by atoms with van der Waals surface area (Å²) in [5.41, 5.74) is 1.74. The number of amides is 3. The molecule has 0 aliphatic carbocycles. The van der Waals surface area contributed by atoms with Gasteiger partial charge in [-0.25, -0.2) is 9.59 Å². The van der Waals surface area contributed by atoms with Crippen LogP contribution in [0.15, 0.2) is 22.6 Å². The Morgan fingerprint density at radius 3 is 2.74 bits per heavy atom. The highest BCUT2D eigenvalue weighted by atomic mass is 16.6. The molecule has 0 bridgehead atoms. The molecule has 2 aliphatic heterocycles. The smallest absolute Gasteiger partial charge is 0.410 e. The Morgan fingerprint density at radius 1 is 1.26 bits per heavy atom. The average Bonchev–Trinajstić information content (AvgIpc) is 3.30. The van der Waals surface area contributed by atoms with Crippen molar-refractivity contribution in [3.05, 3.63) is 29.7 Å². The maximum Gasteiger partial charge on any atom is 0.410 e. The molecule has 27 heavy (non-hydrogen) atoms. The second-order valence-corrected chi connectivity index (χ2v) is 7.16. The number of nitrogens with zero attached hydrogens (tertiary/aromatic N) is 4. The number of carbonyl (C=O) groups excluding carboxylic acids is 2. The second-order valence-electron chi connectivity index (χ2n) is 7.16. The molecule has 2 aromatic rings. The predicted molar refractivity (Wildman–Crippen MR) is 96.3 cm³/mol. The standard InChI is InChI=1S/C18H21N5O4/c1-11-4-5-13(15-21-20-12(2)26-15)8-14(11)19-16(24)23-7-6-18(10-23)9-22(3)17(25)27-18/h4-5,8H,6-7,9-10H2,1-3H3,(H,19,24). The van der Waals surface area contributed by atoms with Crippen molar-refractivity contribution in [2.24, 2.45) is 0 Å². The Balaban J connectivity index is 1.48. The van der Waals surface area contributed by atoms with E-state index in [1.165, 1.54) is 0 Å². The number of nitrogens with one attached hydrogen (secondary N) is 1. The molecule has 4 rings (SSSR count). The summed E-state index contributed by atoms with van der Waals surface area (Å²) in [5.74, 6) is 0.888. The van der Waals surface area contributed by atoms with Crippen LogP contribution in [-0.4, -0.2) is 64.4 Å². The Morgan fingerprint density at radius 2 is 2.07 bits per heavy atom. The molecule has 1 unspecified atom stereocenters. The molecular weight excluding hydrogens is 350 g/mol. The second kappa shape index (κ2) is 6.26. The number of urea groups is 1. The molecule has 2 saturated heterocycles. The van der Waals surface area contributed by atoms with Crippen LogP contribution in [0.25, 0.3) is 11.5 Å². The molecule has 3 amide bonds. The van der Waals surface area contributed by atoms with Gasteiger partial charge < -0.3 is 24.3 Å². The number of anilines is 1. The number of hydrogen-bond acceptors (Lipinski definition) is 6. The summed E-state index contributed by atoms with van der Waals surface area (Å²) in [6, 6.07) is 5.36. The van der Waals surface area contributed by atoms with Gasteiger partial charge in [0.1, 0.15) is 0 Å². The first-order valence-electron chi connectivity index (χ1n) is 8.76. The fraction of sp³-hybridized carbons (Fsp3) is 0.444. The molecule has 1 aromatic carbocycles. The quantitative estimate of drug-likeness (QED) is 0.870. The molecule has 1 spiro atoms. The number of ether oxygens (including phenoxy) is 1. The summed E-state index contributed by atoms with van der Waals surface area (Å²) in [5, 5.41) is 10.8. The first kappa shape index (κ1) is 17.3. The zero-order valence-corrected chi connectivity index (χ0v) is 15.5. The van der Waals surface area contributed by atoms with Gasteiger partial charge in [0, 0.05) is 38.2 Å². The first-order chi connectivity index (χ1) is 12.8. The van der Waals surface area contributed by atoms with Crippen molar-refractivity contribution in [3.8, 4) is 11.5 Å². The van der Waals surface area contributed by atoms with Gasteiger partial charge in [-0.15, -0.1) is 10.2 Å². The van der Waals surface area contributed by atoms with Crippen LogP contribution in [0.3, 0.4) is 0 Å². The van der Waals surface area contributed by atoms with Crippen molar-refractivity contribution in [2.75, 3.05) is 32.0 Å². The maximum atomic E-state index is 12.7. The normalized spacial score (nSPS) is 21.8. The fourth-order valence-corrected chi connectivity index (χ4v) is 3.52. The van der Waals surface area contributed by atoms with Gasteiger partial charge in [0.2, 0.25) is 11.8 Å². The summed E-state index contributed by atoms with van der Waals surface area (Å²) >= 11 is 0. The zero-order chi connectivity index (χ0) is 19.2. The van der Waals surface area contributed by atoms with E-state index in [0.29, 0.717) is 43.5 Å². The van der Waals surface area contributed by atoms with E-state index < -0.39 is 5.60 Å². The zero-order valence-electron chi connectivity index (χ0n) is 15.5. The molecule has 0 radical (unpaired) electrons. The molecule has 9 nitrogen and oxygen atoms in total. The number of hydrogen-bond donors (Lipinski definition) is 1. The summed E-state index contributed by atoms with van der Waals surface area (Å²) in [4.78, 5) is 27.6. The van der Waals surface area contributed by atoms with Gasteiger partial charge in [-0.1, -0.05) is 6.07 Å². The molecule has 2 aliphatic rings. The van der Waals surface area contributed by atoms with Gasteiger partial charge in [0.05, 0.1) is 13.1 Å². The number of aryl methyl sites for hydroxylation is 2. The number of aromatic nitrogens is 2. The molecule has 0 saturated carbocycles. The Labute approximate surface area is 156 Å². The molecule has 1 aromatic heterocycles. The molecule has 1 N–H and O–H groups in total. The minimum absolute atomic E-state index is 0.223. The van der Waals surface area contributed by atoms with Crippen molar-refractivity contribution < 1.29 is 18.7 Å². The summed E-state index contributed by atoms with van der Waals surface area (Å²) in [6.07, 6.45) is 0.298. The molecule has 1 atom stereocenters. The monoisotopic (exact) mass is 371 g/mol. The summed E-state index contributed by atoms with van der Waals surface area (Å²) in [7, 11) is 1.70. The highest BCUT2D eigenvalue weighted by molar-refractivity contribution is 5.91. The SMILES string of the molecule is Cc1nnc(-c2ccc(C)c(NC(=O)N3CCC4(CN(C)C(=O)O4)C3)c2)o1. The van der Waals surface area contributed by atoms with Crippen LogP contribution in [0.4, 0.5) is 15.3 Å². The van der Waals surface area contributed by atoms with E-state index in [4.69, 9.17) is 9.15 Å². The van der Waals surface area contributed by atoms with Crippen molar-refractivity contribution in [2.45, 2.75) is 25.9 Å². The maximum absolute atomic E-state index is 12.7. The highest BCUT2D eigenvalue weighted by Crippen LogP contribution is 2.32. The van der Waals surface area contributed by atoms with Crippen molar-refractivity contribution >= 4 is 17.8 Å². The number of likely N-dealkylation sites (tertiary alicyclic amines) is 1. The van der Waals surface area contributed by atoms with E-state index in [9.17, 15) is 9.59 Å². The van der Waals surface area contributed by atoms with E-state index in [2.05, 4.69) is 15.5 Å². The molecule has 9 heteroatoms. The predicted octanol–water partition coefficient (Wildman–Crippen LogP) is 2.41. The van der Waals surface area contributed by atoms with Gasteiger partial charge in [0.25, 0.3) is 0 Å². The van der Waals surface area contributed by atoms with Gasteiger partial charge in [-0.3, -0.25) is 0 Å². The topological polar surface area (TPSA) is 101 Å². The lowest BCUT2D eigenvalue weighted by Crippen LogP contribution is -2.40. The van der Waals surface area contributed by atoms with Crippen molar-refractivity contribution in [3.63, 3.8) is 0 Å². The van der Waals surface area contributed by atoms with E-state index in [-0.39, 0.29) is 12.1 Å². The van der Waals surface area contributed by atoms with Crippen LogP contribution >= 0.6 is 0 Å². The minimum Gasteiger partial charge on any atom is -0.439 e. The van der Waals surface area contributed by atoms with Crippen LogP contribution in [0.2, 0.25) is 0 Å². The van der Waals surface area contributed by atoms with Gasteiger partial charge in [-0.05, 0) is 24.6 Å². The molecule has 142 valence electrons. The number of rotatable bonds is 2. The molecule has 2 fully saturated rings. The molecule has 3 heterocycles. The van der Waals surface area contributed by atoms with Gasteiger partial charge in [-0.2, -0.15) is 0 Å². The Hall–Kier alpha value is -3.10. The van der Waals surface area contributed by atoms with Crippen molar-refractivity contribution in [1.82, 2.24) is 20.0 Å². The average molecular weight is 371 g/mol. The minimum atomic E-state index is -0.596. The van der Waals surface area contributed by atoms with Crippen molar-refractivity contribution in [1.29, 1.82) is 0 Å². The van der Waals surface area contributed by atoms with E-state index in [1.807, 2.05) is 25.1 Å². The lowest BCUT2D eigenvalue weighted by molar-refractivity contribution is 0.0663. The van der Waals surface area contributed by atoms with Crippen LogP contribution < -0.4 is 5.32 Å². The first-order valence-corrected chi connectivity index (χ1v) is 8.76. The third-order valence-electron chi connectivity index (χ3n) is 5.00. The Kier molecular flexibility index (Phi) is 4.01. The van der Waals surface area contributed by atoms with Crippen LogP contribution in [0, 0.1) is 13.8 Å². The largest absolute Gasteiger partial charge is 0.439 e. The third-order valence-corrected chi connectivity index (χ3v) is 5.00. The molecular formula is C18H21N5O4. The highest BCUT2D eigenvalue weighted by Gasteiger charge is 2.49.